The van der Waals surface area contributed by atoms with Crippen LogP contribution < -0.4 is 5.56 Å². The molecule has 0 unspecified atom stereocenters. The number of aromatic nitrogens is 5. The average molecular weight is 499 g/mol. The van der Waals surface area contributed by atoms with Crippen LogP contribution in [-0.2, 0) is 25.9 Å². The van der Waals surface area contributed by atoms with Crippen molar-refractivity contribution in [2.24, 2.45) is 7.05 Å². The van der Waals surface area contributed by atoms with Crippen molar-refractivity contribution in [2.45, 2.75) is 63.8 Å². The van der Waals surface area contributed by atoms with Gasteiger partial charge in [0.25, 0.3) is 5.56 Å². The van der Waals surface area contributed by atoms with Crippen LogP contribution in [0.15, 0.2) is 29.2 Å². The molecule has 0 atom stereocenters. The van der Waals surface area contributed by atoms with E-state index in [4.69, 9.17) is 0 Å². The first-order valence-corrected chi connectivity index (χ1v) is 11.1. The van der Waals surface area contributed by atoms with E-state index in [-0.39, 0.29) is 28.4 Å². The summed E-state index contributed by atoms with van der Waals surface area (Å²) in [6.07, 6.45) is -4.33. The Morgan fingerprint density at radius 2 is 1.71 bits per heavy atom. The van der Waals surface area contributed by atoms with Gasteiger partial charge in [-0.2, -0.15) is 36.5 Å². The molecule has 12 heteroatoms. The summed E-state index contributed by atoms with van der Waals surface area (Å²) in [6, 6.07) is 3.31. The fraction of sp³-hybridized carbons (Fsp3) is 0.478. The number of hydrogen-bond donors (Lipinski definition) is 0. The molecule has 188 valence electrons. The summed E-state index contributed by atoms with van der Waals surface area (Å²) in [4.78, 5) is 17.1. The second-order valence-corrected chi connectivity index (χ2v) is 8.71. The van der Waals surface area contributed by atoms with Crippen LogP contribution in [0.5, 0.6) is 0 Å². The van der Waals surface area contributed by atoms with Crippen LogP contribution in [0, 0.1) is 6.92 Å². The van der Waals surface area contributed by atoms with Crippen molar-refractivity contribution in [3.05, 3.63) is 63.0 Å². The van der Waals surface area contributed by atoms with Crippen molar-refractivity contribution in [3.8, 4) is 11.3 Å². The Labute approximate surface area is 196 Å². The standard InChI is InChI=1S/C23H23F6N5O/c1-13-19(20(23(27,28)29)33(2)31-13)17-11-15(14-7-4-3-5-8-14)21(35)34(32-17)12-18-16(22(24,25)26)9-6-10-30-18/h6,9-11,14H,3-5,7-8,12H2,1-2H3. The molecule has 1 aliphatic rings. The summed E-state index contributed by atoms with van der Waals surface area (Å²) < 4.78 is 83.7. The first kappa shape index (κ1) is 24.9. The molecule has 3 aromatic rings. The van der Waals surface area contributed by atoms with E-state index in [9.17, 15) is 31.1 Å². The van der Waals surface area contributed by atoms with Crippen LogP contribution in [0.2, 0.25) is 0 Å². The number of alkyl halides is 6. The monoisotopic (exact) mass is 499 g/mol. The highest BCUT2D eigenvalue weighted by Gasteiger charge is 2.40. The minimum absolute atomic E-state index is 0.0425. The first-order chi connectivity index (χ1) is 16.4. The summed E-state index contributed by atoms with van der Waals surface area (Å²) in [6.45, 7) is 0.755. The van der Waals surface area contributed by atoms with Gasteiger partial charge in [0.05, 0.1) is 34.8 Å². The second-order valence-electron chi connectivity index (χ2n) is 8.71. The van der Waals surface area contributed by atoms with E-state index in [1.165, 1.54) is 13.0 Å². The van der Waals surface area contributed by atoms with Crippen LogP contribution in [0.1, 0.15) is 66.2 Å². The molecule has 3 heterocycles. The van der Waals surface area contributed by atoms with Gasteiger partial charge in [0.15, 0.2) is 5.69 Å². The Morgan fingerprint density at radius 1 is 1.03 bits per heavy atom. The zero-order chi connectivity index (χ0) is 25.5. The molecule has 0 saturated heterocycles. The summed E-state index contributed by atoms with van der Waals surface area (Å²) >= 11 is 0. The number of pyridine rings is 1. The molecule has 3 aromatic heterocycles. The largest absolute Gasteiger partial charge is 0.433 e. The van der Waals surface area contributed by atoms with Crippen LogP contribution >= 0.6 is 0 Å². The number of nitrogens with zero attached hydrogens (tertiary/aromatic N) is 5. The Morgan fingerprint density at radius 3 is 2.34 bits per heavy atom. The molecule has 4 rings (SSSR count). The lowest BCUT2D eigenvalue weighted by molar-refractivity contribution is -0.143. The lowest BCUT2D eigenvalue weighted by atomic mass is 9.84. The van der Waals surface area contributed by atoms with Gasteiger partial charge >= 0.3 is 12.4 Å². The Hall–Kier alpha value is -3.18. The van der Waals surface area contributed by atoms with Crippen LogP contribution in [0.3, 0.4) is 0 Å². The molecule has 0 spiro atoms. The summed E-state index contributed by atoms with van der Waals surface area (Å²) in [5.41, 5.74) is -3.33. The van der Waals surface area contributed by atoms with Crippen molar-refractivity contribution in [2.75, 3.05) is 0 Å². The van der Waals surface area contributed by atoms with E-state index in [0.717, 1.165) is 49.3 Å². The van der Waals surface area contributed by atoms with Gasteiger partial charge in [0.2, 0.25) is 0 Å². The molecular weight excluding hydrogens is 476 g/mol. The van der Waals surface area contributed by atoms with E-state index in [1.54, 1.807) is 0 Å². The molecule has 1 aliphatic carbocycles. The molecule has 35 heavy (non-hydrogen) atoms. The molecule has 0 aromatic carbocycles. The first-order valence-electron chi connectivity index (χ1n) is 11.1. The summed E-state index contributed by atoms with van der Waals surface area (Å²) in [5, 5.41) is 8.00. The quantitative estimate of drug-likeness (QED) is 0.446. The van der Waals surface area contributed by atoms with Crippen molar-refractivity contribution >= 4 is 0 Å². The van der Waals surface area contributed by atoms with Gasteiger partial charge in [-0.05, 0) is 43.9 Å². The predicted octanol–water partition coefficient (Wildman–Crippen LogP) is 5.48. The second kappa shape index (κ2) is 9.12. The van der Waals surface area contributed by atoms with Crippen molar-refractivity contribution < 1.29 is 26.3 Å². The van der Waals surface area contributed by atoms with Crippen LogP contribution in [0.4, 0.5) is 26.3 Å². The molecule has 0 radical (unpaired) electrons. The van der Waals surface area contributed by atoms with Crippen molar-refractivity contribution in [3.63, 3.8) is 0 Å². The van der Waals surface area contributed by atoms with Gasteiger partial charge in [0.1, 0.15) is 0 Å². The highest BCUT2D eigenvalue weighted by Crippen LogP contribution is 2.39. The maximum atomic E-state index is 13.9. The molecule has 1 fully saturated rings. The van der Waals surface area contributed by atoms with Crippen LogP contribution in [0.25, 0.3) is 11.3 Å². The number of hydrogen-bond acceptors (Lipinski definition) is 4. The molecule has 1 saturated carbocycles. The van der Waals surface area contributed by atoms with Gasteiger partial charge < -0.3 is 0 Å². The molecule has 0 amide bonds. The topological polar surface area (TPSA) is 65.6 Å². The van der Waals surface area contributed by atoms with E-state index in [1.807, 2.05) is 0 Å². The van der Waals surface area contributed by atoms with E-state index < -0.39 is 41.4 Å². The molecule has 0 bridgehead atoms. The fourth-order valence-corrected chi connectivity index (χ4v) is 4.75. The normalized spacial score (nSPS) is 15.5. The van der Waals surface area contributed by atoms with E-state index in [2.05, 4.69) is 15.2 Å². The SMILES string of the molecule is Cc1nn(C)c(C(F)(F)F)c1-c1cc(C2CCCCC2)c(=O)n(Cc2ncccc2C(F)(F)F)n1. The molecule has 6 nitrogen and oxygen atoms in total. The molecule has 0 N–H and O–H groups in total. The highest BCUT2D eigenvalue weighted by molar-refractivity contribution is 5.66. The van der Waals surface area contributed by atoms with Gasteiger partial charge in [-0.25, -0.2) is 4.68 Å². The summed E-state index contributed by atoms with van der Waals surface area (Å²) in [7, 11) is 1.15. The Balaban J connectivity index is 1.93. The minimum atomic E-state index is -4.76. The third-order valence-corrected chi connectivity index (χ3v) is 6.29. The Kier molecular flexibility index (Phi) is 6.50. The zero-order valence-corrected chi connectivity index (χ0v) is 19.0. The smallest absolute Gasteiger partial charge is 0.267 e. The lowest BCUT2D eigenvalue weighted by Gasteiger charge is -2.23. The van der Waals surface area contributed by atoms with E-state index in [0.29, 0.717) is 17.5 Å². The van der Waals surface area contributed by atoms with Crippen molar-refractivity contribution in [1.29, 1.82) is 0 Å². The molecular formula is C23H23F6N5O. The van der Waals surface area contributed by atoms with Gasteiger partial charge in [-0.1, -0.05) is 19.3 Å². The van der Waals surface area contributed by atoms with Gasteiger partial charge in [-0.3, -0.25) is 14.5 Å². The van der Waals surface area contributed by atoms with Gasteiger partial charge in [0, 0.05) is 18.8 Å². The third-order valence-electron chi connectivity index (χ3n) is 6.29. The molecule has 0 aliphatic heterocycles. The van der Waals surface area contributed by atoms with Crippen molar-refractivity contribution in [1.82, 2.24) is 24.5 Å². The maximum Gasteiger partial charge on any atom is 0.433 e. The Bertz CT molecular complexity index is 1290. The highest BCUT2D eigenvalue weighted by atomic mass is 19.4. The number of halogens is 6. The average Bonchev–Trinajstić information content (AvgIpc) is 3.09. The fourth-order valence-electron chi connectivity index (χ4n) is 4.75. The third kappa shape index (κ3) is 4.96. The minimum Gasteiger partial charge on any atom is -0.267 e. The zero-order valence-electron chi connectivity index (χ0n) is 19.0. The summed E-state index contributed by atoms with van der Waals surface area (Å²) in [5.74, 6) is -0.221. The van der Waals surface area contributed by atoms with E-state index >= 15 is 0 Å². The number of rotatable bonds is 4. The van der Waals surface area contributed by atoms with Crippen LogP contribution in [-0.4, -0.2) is 24.5 Å². The lowest BCUT2D eigenvalue weighted by Crippen LogP contribution is -2.30. The number of aryl methyl sites for hydroxylation is 2. The maximum absolute atomic E-state index is 13.9. The predicted molar refractivity (Wildman–Crippen MR) is 115 cm³/mol. The van der Waals surface area contributed by atoms with Gasteiger partial charge in [-0.15, -0.1) is 0 Å².